The molecule has 0 spiro atoms. The first-order valence-corrected chi connectivity index (χ1v) is 12.0. The van der Waals surface area contributed by atoms with Crippen LogP contribution >= 0.6 is 11.6 Å². The molecular formula is C27H27ClF2N4O2. The van der Waals surface area contributed by atoms with Gasteiger partial charge in [0.25, 0.3) is 0 Å². The molecular weight excluding hydrogens is 486 g/mol. The molecule has 1 unspecified atom stereocenters. The predicted molar refractivity (Wildman–Crippen MR) is 136 cm³/mol. The third-order valence-corrected chi connectivity index (χ3v) is 6.03. The molecule has 36 heavy (non-hydrogen) atoms. The molecule has 2 aromatic carbocycles. The number of hydrogen-bond acceptors (Lipinski definition) is 5. The number of nitrogens with one attached hydrogen (secondary N) is 1. The average Bonchev–Trinajstić information content (AvgIpc) is 3.26. The van der Waals surface area contributed by atoms with Gasteiger partial charge in [-0.05, 0) is 50.1 Å². The minimum absolute atomic E-state index is 0.0676. The van der Waals surface area contributed by atoms with Gasteiger partial charge in [0.05, 0.1) is 29.2 Å². The first-order chi connectivity index (χ1) is 17.3. The van der Waals surface area contributed by atoms with E-state index in [-0.39, 0.29) is 18.2 Å². The Bertz CT molecular complexity index is 1420. The highest BCUT2D eigenvalue weighted by Crippen LogP contribution is 2.31. The van der Waals surface area contributed by atoms with Crippen LogP contribution in [-0.4, -0.2) is 26.0 Å². The zero-order valence-corrected chi connectivity index (χ0v) is 21.0. The summed E-state index contributed by atoms with van der Waals surface area (Å²) in [5.41, 5.74) is 3.85. The van der Waals surface area contributed by atoms with Gasteiger partial charge in [-0.15, -0.1) is 0 Å². The highest BCUT2D eigenvalue weighted by atomic mass is 35.5. The van der Waals surface area contributed by atoms with Crippen LogP contribution in [0.1, 0.15) is 37.1 Å². The van der Waals surface area contributed by atoms with Gasteiger partial charge in [0.15, 0.2) is 5.82 Å². The van der Waals surface area contributed by atoms with Crippen molar-refractivity contribution in [3.63, 3.8) is 0 Å². The maximum absolute atomic E-state index is 14.2. The lowest BCUT2D eigenvalue weighted by molar-refractivity contribution is 0.221. The van der Waals surface area contributed by atoms with Crippen molar-refractivity contribution in [2.75, 3.05) is 0 Å². The van der Waals surface area contributed by atoms with Gasteiger partial charge in [-0.1, -0.05) is 36.7 Å². The fourth-order valence-corrected chi connectivity index (χ4v) is 4.28. The molecule has 0 aliphatic heterocycles. The average molecular weight is 513 g/mol. The topological polar surface area (TPSA) is 72.2 Å². The van der Waals surface area contributed by atoms with Gasteiger partial charge in [-0.25, -0.2) is 18.4 Å². The van der Waals surface area contributed by atoms with Gasteiger partial charge in [0, 0.05) is 28.9 Å². The number of ether oxygens (including phenoxy) is 1. The van der Waals surface area contributed by atoms with Crippen molar-refractivity contribution >= 4 is 22.5 Å². The number of pyridine rings is 1. The van der Waals surface area contributed by atoms with Crippen molar-refractivity contribution in [2.45, 2.75) is 46.4 Å². The fourth-order valence-electron chi connectivity index (χ4n) is 4.00. The quantitative estimate of drug-likeness (QED) is 0.287. The Labute approximate surface area is 213 Å². The van der Waals surface area contributed by atoms with Crippen LogP contribution in [0.15, 0.2) is 60.6 Å². The van der Waals surface area contributed by atoms with E-state index >= 15 is 0 Å². The molecule has 0 saturated carbocycles. The molecule has 9 heteroatoms. The lowest BCUT2D eigenvalue weighted by Crippen LogP contribution is -2.22. The number of halogens is 3. The number of fused-ring (bicyclic) bond motifs is 1. The lowest BCUT2D eigenvalue weighted by atomic mass is 10.1. The van der Waals surface area contributed by atoms with Crippen LogP contribution in [0.4, 0.5) is 8.78 Å². The number of aryl methyl sites for hydroxylation is 1. The van der Waals surface area contributed by atoms with Crippen LogP contribution in [0, 0.1) is 18.6 Å². The summed E-state index contributed by atoms with van der Waals surface area (Å²) in [7, 11) is 0. The summed E-state index contributed by atoms with van der Waals surface area (Å²) in [5, 5.41) is 18.2. The Morgan fingerprint density at radius 3 is 2.75 bits per heavy atom. The summed E-state index contributed by atoms with van der Waals surface area (Å²) < 4.78 is 35.4. The maximum Gasteiger partial charge on any atom is 0.161 e. The van der Waals surface area contributed by atoms with Crippen LogP contribution in [0.25, 0.3) is 16.6 Å². The van der Waals surface area contributed by atoms with Gasteiger partial charge in [0.1, 0.15) is 23.7 Å². The number of para-hydroxylation sites is 1. The first kappa shape index (κ1) is 25.6. The summed E-state index contributed by atoms with van der Waals surface area (Å²) in [6, 6.07) is 9.94. The van der Waals surface area contributed by atoms with E-state index in [2.05, 4.69) is 15.4 Å². The van der Waals surface area contributed by atoms with E-state index in [1.54, 1.807) is 13.0 Å². The zero-order valence-electron chi connectivity index (χ0n) is 20.2. The van der Waals surface area contributed by atoms with Crippen molar-refractivity contribution < 1.29 is 18.6 Å². The molecule has 188 valence electrons. The monoisotopic (exact) mass is 512 g/mol. The molecule has 2 N–H and O–H groups in total. The zero-order chi connectivity index (χ0) is 25.8. The van der Waals surface area contributed by atoms with Crippen molar-refractivity contribution in [1.82, 2.24) is 20.1 Å². The second-order valence-corrected chi connectivity index (χ2v) is 8.86. The summed E-state index contributed by atoms with van der Waals surface area (Å²) in [6.07, 6.45) is 4.39. The number of aliphatic hydroxyl groups is 1. The number of aromatic nitrogens is 3. The Morgan fingerprint density at radius 2 is 2.06 bits per heavy atom. The molecule has 1 atom stereocenters. The molecule has 0 amide bonds. The summed E-state index contributed by atoms with van der Waals surface area (Å²) >= 11 is 6.42. The SMILES string of the molecule is CC/C=C(\NCc1cc(F)cc(Cl)c1COc1cccc2c(-n3cc(F)cn3)cc(C)nc12)C(C)O. The smallest absolute Gasteiger partial charge is 0.161 e. The van der Waals surface area contributed by atoms with Gasteiger partial charge < -0.3 is 15.2 Å². The summed E-state index contributed by atoms with van der Waals surface area (Å²) in [4.78, 5) is 4.64. The lowest BCUT2D eigenvalue weighted by Gasteiger charge is -2.18. The molecule has 6 nitrogen and oxygen atoms in total. The number of nitrogens with zero attached hydrogens (tertiary/aromatic N) is 3. The summed E-state index contributed by atoms with van der Waals surface area (Å²) in [5.74, 6) is -0.401. The van der Waals surface area contributed by atoms with Crippen molar-refractivity contribution in [2.24, 2.45) is 0 Å². The minimum Gasteiger partial charge on any atom is -0.487 e. The number of allylic oxidation sites excluding steroid dienone is 1. The van der Waals surface area contributed by atoms with Gasteiger partial charge in [-0.2, -0.15) is 5.10 Å². The Balaban J connectivity index is 1.66. The van der Waals surface area contributed by atoms with E-state index in [4.69, 9.17) is 16.3 Å². The van der Waals surface area contributed by atoms with Crippen LogP contribution < -0.4 is 10.1 Å². The first-order valence-electron chi connectivity index (χ1n) is 11.6. The van der Waals surface area contributed by atoms with Crippen molar-refractivity contribution in [3.8, 4) is 11.4 Å². The van der Waals surface area contributed by atoms with Gasteiger partial charge >= 0.3 is 0 Å². The third kappa shape index (κ3) is 5.66. The van der Waals surface area contributed by atoms with Crippen molar-refractivity contribution in [3.05, 3.63) is 94.0 Å². The van der Waals surface area contributed by atoms with Crippen LogP contribution in [0.5, 0.6) is 5.75 Å². The number of hydrogen-bond donors (Lipinski definition) is 2. The second kappa shape index (κ2) is 11.1. The molecule has 2 aromatic heterocycles. The Kier molecular flexibility index (Phi) is 7.86. The normalized spacial score (nSPS) is 12.7. The molecule has 4 aromatic rings. The number of rotatable bonds is 9. The Hall–Kier alpha value is -3.49. The van der Waals surface area contributed by atoms with E-state index < -0.39 is 17.7 Å². The summed E-state index contributed by atoms with van der Waals surface area (Å²) in [6.45, 7) is 5.80. The molecule has 0 fully saturated rings. The van der Waals surface area contributed by atoms with E-state index in [0.29, 0.717) is 39.5 Å². The predicted octanol–water partition coefficient (Wildman–Crippen LogP) is 6.00. The molecule has 2 heterocycles. The molecule has 0 bridgehead atoms. The Morgan fingerprint density at radius 1 is 1.25 bits per heavy atom. The molecule has 0 radical (unpaired) electrons. The van der Waals surface area contributed by atoms with E-state index in [1.807, 2.05) is 38.1 Å². The molecule has 0 saturated heterocycles. The van der Waals surface area contributed by atoms with E-state index in [9.17, 15) is 13.9 Å². The van der Waals surface area contributed by atoms with E-state index in [0.717, 1.165) is 18.0 Å². The maximum atomic E-state index is 14.2. The van der Waals surface area contributed by atoms with Crippen LogP contribution in [0.2, 0.25) is 5.02 Å². The minimum atomic E-state index is -0.684. The number of benzene rings is 2. The van der Waals surface area contributed by atoms with Gasteiger partial charge in [-0.3, -0.25) is 0 Å². The highest BCUT2D eigenvalue weighted by Gasteiger charge is 2.16. The van der Waals surface area contributed by atoms with Crippen molar-refractivity contribution in [1.29, 1.82) is 0 Å². The highest BCUT2D eigenvalue weighted by molar-refractivity contribution is 6.31. The molecule has 0 aliphatic carbocycles. The molecule has 0 aliphatic rings. The number of aliphatic hydroxyl groups excluding tert-OH is 1. The largest absolute Gasteiger partial charge is 0.487 e. The fraction of sp³-hybridized carbons (Fsp3) is 0.259. The van der Waals surface area contributed by atoms with E-state index in [1.165, 1.54) is 23.0 Å². The molecule has 4 rings (SSSR count). The van der Waals surface area contributed by atoms with Crippen LogP contribution in [-0.2, 0) is 13.2 Å². The standard InChI is InChI=1S/C27H27ClF2N4O2/c1-4-6-24(17(3)35)31-12-18-10-19(29)11-23(28)22(18)15-36-26-8-5-7-21-25(9-16(2)33-27(21)26)34-14-20(30)13-32-34/h5-11,13-14,17,31,35H,4,12,15H2,1-3H3/b24-6-. The third-order valence-electron chi connectivity index (χ3n) is 5.69. The second-order valence-electron chi connectivity index (χ2n) is 8.45. The van der Waals surface area contributed by atoms with Crippen LogP contribution in [0.3, 0.4) is 0 Å². The van der Waals surface area contributed by atoms with Gasteiger partial charge in [0.2, 0.25) is 0 Å².